The van der Waals surface area contributed by atoms with Crippen molar-refractivity contribution >= 4 is 5.91 Å². The lowest BCUT2D eigenvalue weighted by Crippen LogP contribution is -2.61. The van der Waals surface area contributed by atoms with Crippen LogP contribution in [-0.4, -0.2) is 17.6 Å². The average molecular weight is 327 g/mol. The Morgan fingerprint density at radius 1 is 1.17 bits per heavy atom. The molecular formula is C21H29NO2. The highest BCUT2D eigenvalue weighted by molar-refractivity contribution is 5.82. The van der Waals surface area contributed by atoms with E-state index >= 15 is 0 Å². The number of amides is 1. The van der Waals surface area contributed by atoms with Crippen LogP contribution in [0.1, 0.15) is 57.4 Å². The van der Waals surface area contributed by atoms with Crippen molar-refractivity contribution in [2.24, 2.45) is 17.8 Å². The predicted octanol–water partition coefficient (Wildman–Crippen LogP) is 4.24. The Kier molecular flexibility index (Phi) is 4.06. The molecule has 3 heteroatoms. The van der Waals surface area contributed by atoms with E-state index in [1.807, 2.05) is 38.1 Å². The van der Waals surface area contributed by atoms with E-state index in [1.54, 1.807) is 0 Å². The van der Waals surface area contributed by atoms with Gasteiger partial charge in [-0.2, -0.15) is 0 Å². The fourth-order valence-electron chi connectivity index (χ4n) is 5.77. The number of ether oxygens (including phenoxy) is 1. The first-order valence-corrected chi connectivity index (χ1v) is 9.61. The topological polar surface area (TPSA) is 38.3 Å². The third-order valence-corrected chi connectivity index (χ3v) is 6.45. The largest absolute Gasteiger partial charge is 0.480 e. The molecular weight excluding hydrogens is 298 g/mol. The van der Waals surface area contributed by atoms with Crippen molar-refractivity contribution in [1.29, 1.82) is 0 Å². The summed E-state index contributed by atoms with van der Waals surface area (Å²) in [4.78, 5) is 12.9. The number of carbonyl (C=O) groups excluding carboxylic acids is 1. The third kappa shape index (κ3) is 2.94. The molecule has 1 atom stereocenters. The summed E-state index contributed by atoms with van der Waals surface area (Å²) < 4.78 is 6.06. The van der Waals surface area contributed by atoms with Gasteiger partial charge in [-0.1, -0.05) is 25.1 Å². The molecule has 0 radical (unpaired) electrons. The smallest absolute Gasteiger partial charge is 0.261 e. The lowest BCUT2D eigenvalue weighted by atomic mass is 9.53. The molecule has 130 valence electrons. The first kappa shape index (κ1) is 16.0. The molecule has 4 bridgehead atoms. The van der Waals surface area contributed by atoms with Crippen LogP contribution < -0.4 is 10.1 Å². The van der Waals surface area contributed by atoms with E-state index in [4.69, 9.17) is 4.74 Å². The summed E-state index contributed by atoms with van der Waals surface area (Å²) in [6.07, 6.45) is 8.05. The van der Waals surface area contributed by atoms with Gasteiger partial charge in [0, 0.05) is 5.54 Å². The van der Waals surface area contributed by atoms with Crippen LogP contribution in [0.5, 0.6) is 5.75 Å². The Bertz CT molecular complexity index is 589. The monoisotopic (exact) mass is 327 g/mol. The van der Waals surface area contributed by atoms with E-state index in [2.05, 4.69) is 5.32 Å². The molecule has 1 aromatic rings. The molecule has 0 spiro atoms. The standard InChI is InChI=1S/C21H29NO2/c1-3-18(24-19-7-5-4-6-14(19)2)20(23)22-21-11-15-8-16(12-21)10-17(9-15)13-21/h4-7,15-18H,3,8-13H2,1-2H3,(H,22,23)/t15?,16?,17?,18-,21?/m0/s1. The van der Waals surface area contributed by atoms with Gasteiger partial charge in [0.05, 0.1) is 0 Å². The normalized spacial score (nSPS) is 34.8. The summed E-state index contributed by atoms with van der Waals surface area (Å²) in [5.41, 5.74) is 1.15. The minimum absolute atomic E-state index is 0.0638. The highest BCUT2D eigenvalue weighted by atomic mass is 16.5. The Hall–Kier alpha value is -1.51. The lowest BCUT2D eigenvalue weighted by Gasteiger charge is -2.57. The fraction of sp³-hybridized carbons (Fsp3) is 0.667. The van der Waals surface area contributed by atoms with E-state index in [9.17, 15) is 4.79 Å². The van der Waals surface area contributed by atoms with Crippen LogP contribution >= 0.6 is 0 Å². The number of rotatable bonds is 5. The number of carbonyl (C=O) groups is 1. The summed E-state index contributed by atoms with van der Waals surface area (Å²) >= 11 is 0. The summed E-state index contributed by atoms with van der Waals surface area (Å²) in [7, 11) is 0. The van der Waals surface area contributed by atoms with Gasteiger partial charge in [0.15, 0.2) is 6.10 Å². The van der Waals surface area contributed by atoms with Gasteiger partial charge in [-0.3, -0.25) is 4.79 Å². The van der Waals surface area contributed by atoms with Crippen LogP contribution in [0.2, 0.25) is 0 Å². The zero-order valence-corrected chi connectivity index (χ0v) is 14.9. The van der Waals surface area contributed by atoms with E-state index < -0.39 is 0 Å². The molecule has 0 heterocycles. The molecule has 3 nitrogen and oxygen atoms in total. The average Bonchev–Trinajstić information content (AvgIpc) is 2.52. The molecule has 1 amide bonds. The summed E-state index contributed by atoms with van der Waals surface area (Å²) in [6.45, 7) is 4.06. The Morgan fingerprint density at radius 3 is 2.29 bits per heavy atom. The van der Waals surface area contributed by atoms with Crippen LogP contribution in [0.4, 0.5) is 0 Å². The van der Waals surface area contributed by atoms with Gasteiger partial charge in [-0.05, 0) is 81.3 Å². The van der Waals surface area contributed by atoms with E-state index in [1.165, 1.54) is 38.5 Å². The fourth-order valence-corrected chi connectivity index (χ4v) is 5.77. The number of hydrogen-bond donors (Lipinski definition) is 1. The zero-order chi connectivity index (χ0) is 16.7. The molecule has 1 N–H and O–H groups in total. The summed E-state index contributed by atoms with van der Waals surface area (Å²) in [5, 5.41) is 3.45. The number of para-hydroxylation sites is 1. The maximum absolute atomic E-state index is 12.9. The van der Waals surface area contributed by atoms with E-state index in [-0.39, 0.29) is 17.6 Å². The van der Waals surface area contributed by atoms with Gasteiger partial charge in [-0.15, -0.1) is 0 Å². The molecule has 0 aliphatic heterocycles. The number of aryl methyl sites for hydroxylation is 1. The number of hydrogen-bond acceptors (Lipinski definition) is 2. The van der Waals surface area contributed by atoms with Crippen molar-refractivity contribution in [2.45, 2.75) is 70.4 Å². The molecule has 5 rings (SSSR count). The van der Waals surface area contributed by atoms with Crippen LogP contribution in [0.15, 0.2) is 24.3 Å². The van der Waals surface area contributed by atoms with Gasteiger partial charge in [0.2, 0.25) is 0 Å². The SMILES string of the molecule is CC[C@H](Oc1ccccc1C)C(=O)NC12CC3CC(CC(C3)C1)C2. The van der Waals surface area contributed by atoms with Gasteiger partial charge in [0.25, 0.3) is 5.91 Å². The molecule has 4 aliphatic carbocycles. The van der Waals surface area contributed by atoms with Crippen molar-refractivity contribution in [2.75, 3.05) is 0 Å². The second-order valence-electron chi connectivity index (χ2n) is 8.47. The third-order valence-electron chi connectivity index (χ3n) is 6.45. The molecule has 0 saturated heterocycles. The molecule has 0 unspecified atom stereocenters. The zero-order valence-electron chi connectivity index (χ0n) is 14.9. The van der Waals surface area contributed by atoms with Crippen molar-refractivity contribution in [3.05, 3.63) is 29.8 Å². The number of benzene rings is 1. The van der Waals surface area contributed by atoms with Gasteiger partial charge in [0.1, 0.15) is 5.75 Å². The van der Waals surface area contributed by atoms with Gasteiger partial charge < -0.3 is 10.1 Å². The first-order chi connectivity index (χ1) is 11.6. The highest BCUT2D eigenvalue weighted by Crippen LogP contribution is 2.55. The molecule has 1 aromatic carbocycles. The predicted molar refractivity (Wildman–Crippen MR) is 94.9 cm³/mol. The van der Waals surface area contributed by atoms with E-state index in [0.717, 1.165) is 29.1 Å². The van der Waals surface area contributed by atoms with Gasteiger partial charge in [-0.25, -0.2) is 0 Å². The molecule has 24 heavy (non-hydrogen) atoms. The molecule has 0 aromatic heterocycles. The number of nitrogens with one attached hydrogen (secondary N) is 1. The quantitative estimate of drug-likeness (QED) is 0.878. The highest BCUT2D eigenvalue weighted by Gasteiger charge is 2.51. The van der Waals surface area contributed by atoms with Crippen molar-refractivity contribution in [1.82, 2.24) is 5.32 Å². The minimum Gasteiger partial charge on any atom is -0.480 e. The molecule has 4 saturated carbocycles. The van der Waals surface area contributed by atoms with Crippen LogP contribution in [0.3, 0.4) is 0 Å². The van der Waals surface area contributed by atoms with Gasteiger partial charge >= 0.3 is 0 Å². The Balaban J connectivity index is 1.45. The molecule has 4 fully saturated rings. The first-order valence-electron chi connectivity index (χ1n) is 9.61. The van der Waals surface area contributed by atoms with Crippen molar-refractivity contribution in [3.8, 4) is 5.75 Å². The van der Waals surface area contributed by atoms with Crippen molar-refractivity contribution < 1.29 is 9.53 Å². The maximum Gasteiger partial charge on any atom is 0.261 e. The minimum atomic E-state index is -0.390. The summed E-state index contributed by atoms with van der Waals surface area (Å²) in [6, 6.07) is 7.94. The summed E-state index contributed by atoms with van der Waals surface area (Å²) in [5.74, 6) is 3.43. The molecule has 4 aliphatic rings. The van der Waals surface area contributed by atoms with Crippen LogP contribution in [-0.2, 0) is 4.79 Å². The van der Waals surface area contributed by atoms with Crippen LogP contribution in [0, 0.1) is 24.7 Å². The Labute approximate surface area is 145 Å². The second-order valence-corrected chi connectivity index (χ2v) is 8.47. The lowest BCUT2D eigenvalue weighted by molar-refractivity contribution is -0.134. The second kappa shape index (κ2) is 6.09. The van der Waals surface area contributed by atoms with Crippen LogP contribution in [0.25, 0.3) is 0 Å². The Morgan fingerprint density at radius 2 is 1.75 bits per heavy atom. The van der Waals surface area contributed by atoms with Crippen molar-refractivity contribution in [3.63, 3.8) is 0 Å². The maximum atomic E-state index is 12.9. The van der Waals surface area contributed by atoms with E-state index in [0.29, 0.717) is 6.42 Å².